The second kappa shape index (κ2) is 7.85. The lowest BCUT2D eigenvalue weighted by Crippen LogP contribution is -2.43. The van der Waals surface area contributed by atoms with Crippen LogP contribution in [0, 0.1) is 0 Å². The Labute approximate surface area is 120 Å². The van der Waals surface area contributed by atoms with E-state index >= 15 is 0 Å². The summed E-state index contributed by atoms with van der Waals surface area (Å²) in [5.74, 6) is -0.134. The molecule has 0 aliphatic heterocycles. The van der Waals surface area contributed by atoms with Crippen molar-refractivity contribution in [3.8, 4) is 0 Å². The molecule has 5 nitrogen and oxygen atoms in total. The second-order valence-electron chi connectivity index (χ2n) is 5.44. The number of amides is 1. The molecule has 1 heterocycles. The Morgan fingerprint density at radius 1 is 1.25 bits per heavy atom. The summed E-state index contributed by atoms with van der Waals surface area (Å²) in [5, 5.41) is 2.86. The molecule has 0 radical (unpaired) electrons. The number of hydrogen-bond donors (Lipinski definition) is 1. The molecule has 1 aromatic heterocycles. The number of pyridine rings is 1. The fourth-order valence-corrected chi connectivity index (χ4v) is 2.24. The highest BCUT2D eigenvalue weighted by atomic mass is 16.2. The summed E-state index contributed by atoms with van der Waals surface area (Å²) < 4.78 is 1.40. The molecule has 0 unspecified atom stereocenters. The Bertz CT molecular complexity index is 472. The Morgan fingerprint density at radius 2 is 1.90 bits per heavy atom. The van der Waals surface area contributed by atoms with Crippen molar-refractivity contribution < 1.29 is 4.79 Å². The van der Waals surface area contributed by atoms with E-state index in [2.05, 4.69) is 37.9 Å². The Morgan fingerprint density at radius 3 is 2.45 bits per heavy atom. The van der Waals surface area contributed by atoms with Gasteiger partial charge in [0, 0.05) is 37.4 Å². The Balaban J connectivity index is 2.41. The number of carbonyl (C=O) groups is 1. The molecule has 0 aliphatic rings. The summed E-state index contributed by atoms with van der Waals surface area (Å²) in [6.45, 7) is 10.1. The van der Waals surface area contributed by atoms with E-state index in [0.29, 0.717) is 18.6 Å². The lowest BCUT2D eigenvalue weighted by molar-refractivity contribution is -0.121. The fourth-order valence-electron chi connectivity index (χ4n) is 2.24. The van der Waals surface area contributed by atoms with Gasteiger partial charge in [-0.3, -0.25) is 14.5 Å². The summed E-state index contributed by atoms with van der Waals surface area (Å²) >= 11 is 0. The summed E-state index contributed by atoms with van der Waals surface area (Å²) in [4.78, 5) is 25.6. The van der Waals surface area contributed by atoms with Crippen LogP contribution < -0.4 is 10.9 Å². The van der Waals surface area contributed by atoms with Gasteiger partial charge < -0.3 is 9.88 Å². The molecule has 0 fully saturated rings. The van der Waals surface area contributed by atoms with Crippen molar-refractivity contribution in [3.63, 3.8) is 0 Å². The van der Waals surface area contributed by atoms with Gasteiger partial charge >= 0.3 is 0 Å². The second-order valence-corrected chi connectivity index (χ2v) is 5.44. The van der Waals surface area contributed by atoms with Gasteiger partial charge in [-0.2, -0.15) is 0 Å². The smallest absolute Gasteiger partial charge is 0.250 e. The van der Waals surface area contributed by atoms with Gasteiger partial charge in [0.25, 0.3) is 5.56 Å². The quantitative estimate of drug-likeness (QED) is 0.812. The molecule has 1 N–H and O–H groups in total. The van der Waals surface area contributed by atoms with E-state index in [4.69, 9.17) is 0 Å². The first-order valence-electron chi connectivity index (χ1n) is 7.09. The van der Waals surface area contributed by atoms with Crippen LogP contribution in [0.4, 0.5) is 0 Å². The van der Waals surface area contributed by atoms with Gasteiger partial charge in [-0.1, -0.05) is 6.07 Å². The first kappa shape index (κ1) is 16.4. The third kappa shape index (κ3) is 5.17. The average Bonchev–Trinajstić information content (AvgIpc) is 2.36. The molecular weight excluding hydrogens is 254 g/mol. The minimum absolute atomic E-state index is 0.0725. The third-order valence-electron chi connectivity index (χ3n) is 3.23. The number of rotatable bonds is 7. The van der Waals surface area contributed by atoms with Crippen LogP contribution in [0.5, 0.6) is 0 Å². The van der Waals surface area contributed by atoms with Gasteiger partial charge in [-0.05, 0) is 33.8 Å². The van der Waals surface area contributed by atoms with E-state index < -0.39 is 0 Å². The number of aromatic nitrogens is 1. The Kier molecular flexibility index (Phi) is 6.45. The standard InChI is InChI=1S/C15H25N3O2/c1-12(2)18(13(3)4)10-8-16-14(19)11-17-9-6-5-7-15(17)20/h5-7,9,12-13H,8,10-11H2,1-4H3,(H,16,19). The van der Waals surface area contributed by atoms with Crippen LogP contribution in [0.15, 0.2) is 29.2 Å². The van der Waals surface area contributed by atoms with Crippen molar-refractivity contribution in [1.29, 1.82) is 0 Å². The summed E-state index contributed by atoms with van der Waals surface area (Å²) in [5.41, 5.74) is -0.159. The molecule has 5 heteroatoms. The topological polar surface area (TPSA) is 54.3 Å². The van der Waals surface area contributed by atoms with Crippen LogP contribution in [0.1, 0.15) is 27.7 Å². The van der Waals surface area contributed by atoms with Crippen molar-refractivity contribution in [2.45, 2.75) is 46.3 Å². The van der Waals surface area contributed by atoms with Crippen molar-refractivity contribution >= 4 is 5.91 Å². The molecular formula is C15H25N3O2. The van der Waals surface area contributed by atoms with Gasteiger partial charge in [0.2, 0.25) is 5.91 Å². The number of carbonyl (C=O) groups excluding carboxylic acids is 1. The molecule has 0 bridgehead atoms. The van der Waals surface area contributed by atoms with Gasteiger partial charge in [0.15, 0.2) is 0 Å². The molecule has 0 atom stereocenters. The maximum Gasteiger partial charge on any atom is 0.250 e. The van der Waals surface area contributed by atoms with E-state index in [1.807, 2.05) is 0 Å². The fraction of sp³-hybridized carbons (Fsp3) is 0.600. The monoisotopic (exact) mass is 279 g/mol. The van der Waals surface area contributed by atoms with Crippen LogP contribution in [-0.2, 0) is 11.3 Å². The molecule has 1 amide bonds. The van der Waals surface area contributed by atoms with Crippen LogP contribution in [-0.4, -0.2) is 40.5 Å². The van der Waals surface area contributed by atoms with E-state index in [1.165, 1.54) is 10.6 Å². The average molecular weight is 279 g/mol. The normalized spacial score (nSPS) is 11.3. The van der Waals surface area contributed by atoms with Gasteiger partial charge in [-0.15, -0.1) is 0 Å². The minimum Gasteiger partial charge on any atom is -0.353 e. The van der Waals surface area contributed by atoms with Gasteiger partial charge in [0.1, 0.15) is 6.54 Å². The van der Waals surface area contributed by atoms with Crippen LogP contribution in [0.3, 0.4) is 0 Å². The molecule has 0 aromatic carbocycles. The maximum atomic E-state index is 11.8. The molecule has 112 valence electrons. The molecule has 1 aromatic rings. The zero-order chi connectivity index (χ0) is 15.1. The van der Waals surface area contributed by atoms with Crippen molar-refractivity contribution in [3.05, 3.63) is 34.7 Å². The highest BCUT2D eigenvalue weighted by molar-refractivity contribution is 5.75. The summed E-state index contributed by atoms with van der Waals surface area (Å²) in [7, 11) is 0. The Hall–Kier alpha value is -1.62. The van der Waals surface area contributed by atoms with Crippen molar-refractivity contribution in [1.82, 2.24) is 14.8 Å². The summed E-state index contributed by atoms with van der Waals surface area (Å²) in [6, 6.07) is 5.76. The van der Waals surface area contributed by atoms with E-state index in [-0.39, 0.29) is 18.0 Å². The lowest BCUT2D eigenvalue weighted by atomic mass is 10.2. The number of hydrogen-bond acceptors (Lipinski definition) is 3. The molecule has 0 saturated carbocycles. The largest absolute Gasteiger partial charge is 0.353 e. The van der Waals surface area contributed by atoms with Crippen LogP contribution in [0.2, 0.25) is 0 Å². The van der Waals surface area contributed by atoms with Crippen molar-refractivity contribution in [2.75, 3.05) is 13.1 Å². The number of nitrogens with zero attached hydrogens (tertiary/aromatic N) is 2. The lowest BCUT2D eigenvalue weighted by Gasteiger charge is -2.30. The molecule has 0 spiro atoms. The zero-order valence-electron chi connectivity index (χ0n) is 12.8. The molecule has 0 saturated heterocycles. The highest BCUT2D eigenvalue weighted by Crippen LogP contribution is 2.03. The van der Waals surface area contributed by atoms with Crippen molar-refractivity contribution in [2.24, 2.45) is 0 Å². The molecule has 20 heavy (non-hydrogen) atoms. The SMILES string of the molecule is CC(C)N(CCNC(=O)Cn1ccccc1=O)C(C)C. The highest BCUT2D eigenvalue weighted by Gasteiger charge is 2.13. The van der Waals surface area contributed by atoms with Gasteiger partial charge in [0.05, 0.1) is 0 Å². The first-order chi connectivity index (χ1) is 9.41. The molecule has 0 aliphatic carbocycles. The summed E-state index contributed by atoms with van der Waals surface area (Å²) in [6.07, 6.45) is 1.62. The third-order valence-corrected chi connectivity index (χ3v) is 3.23. The first-order valence-corrected chi connectivity index (χ1v) is 7.09. The van der Waals surface area contributed by atoms with Gasteiger partial charge in [-0.25, -0.2) is 0 Å². The van der Waals surface area contributed by atoms with E-state index in [9.17, 15) is 9.59 Å². The predicted octanol–water partition coefficient (Wildman–Crippen LogP) is 1.08. The number of nitrogens with one attached hydrogen (secondary N) is 1. The van der Waals surface area contributed by atoms with Crippen LogP contribution >= 0.6 is 0 Å². The van der Waals surface area contributed by atoms with E-state index in [1.54, 1.807) is 18.3 Å². The van der Waals surface area contributed by atoms with E-state index in [0.717, 1.165) is 6.54 Å². The molecule has 1 rings (SSSR count). The predicted molar refractivity (Wildman–Crippen MR) is 80.7 cm³/mol. The zero-order valence-corrected chi connectivity index (χ0v) is 12.8. The maximum absolute atomic E-state index is 11.8. The minimum atomic E-state index is -0.159. The van der Waals surface area contributed by atoms with Crippen LogP contribution in [0.25, 0.3) is 0 Å².